The molecule has 4 heteroatoms. The number of rotatable bonds is 3. The number of alkyl halides is 1. The van der Waals surface area contributed by atoms with Crippen LogP contribution in [0.15, 0.2) is 24.3 Å². The van der Waals surface area contributed by atoms with Crippen molar-refractivity contribution in [3.05, 3.63) is 35.6 Å². The zero-order chi connectivity index (χ0) is 13.7. The summed E-state index contributed by atoms with van der Waals surface area (Å²) in [5.41, 5.74) is 0.879. The number of nitrogens with zero attached hydrogens (tertiary/aromatic N) is 1. The summed E-state index contributed by atoms with van der Waals surface area (Å²) in [6.07, 6.45) is 4.91. The van der Waals surface area contributed by atoms with Gasteiger partial charge in [-0.15, -0.1) is 0 Å². The maximum atomic E-state index is 12.8. The summed E-state index contributed by atoms with van der Waals surface area (Å²) in [6, 6.07) is 6.50. The van der Waals surface area contributed by atoms with Gasteiger partial charge in [0.15, 0.2) is 0 Å². The highest BCUT2D eigenvalue weighted by Gasteiger charge is 2.24. The first-order valence-electron chi connectivity index (χ1n) is 6.80. The number of carbonyl (C=O) groups is 1. The van der Waals surface area contributed by atoms with Gasteiger partial charge >= 0.3 is 0 Å². The molecule has 0 bridgehead atoms. The number of carbonyl (C=O) groups excluding carboxylic acids is 1. The smallest absolute Gasteiger partial charge is 0.227 e. The molecule has 2 nitrogen and oxygen atoms in total. The number of amides is 1. The lowest BCUT2D eigenvalue weighted by Crippen LogP contribution is -2.41. The number of hydrogen-bond donors (Lipinski definition) is 0. The van der Waals surface area contributed by atoms with Crippen LogP contribution in [0, 0.1) is 5.82 Å². The number of hydrogen-bond acceptors (Lipinski definition) is 1. The molecule has 2 rings (SSSR count). The Labute approximate surface area is 122 Å². The second-order valence-corrected chi connectivity index (χ2v) is 5.70. The summed E-state index contributed by atoms with van der Waals surface area (Å²) in [4.78, 5) is 14.4. The van der Waals surface area contributed by atoms with E-state index in [0.29, 0.717) is 12.5 Å². The maximum Gasteiger partial charge on any atom is 0.227 e. The second kappa shape index (κ2) is 7.04. The quantitative estimate of drug-likeness (QED) is 0.777. The van der Waals surface area contributed by atoms with E-state index in [1.54, 1.807) is 12.1 Å². The predicted octanol–water partition coefficient (Wildman–Crippen LogP) is 3.53. The highest BCUT2D eigenvalue weighted by atomic mass is 79.9. The van der Waals surface area contributed by atoms with E-state index in [4.69, 9.17) is 0 Å². The van der Waals surface area contributed by atoms with Gasteiger partial charge in [0.25, 0.3) is 0 Å². The van der Waals surface area contributed by atoms with Crippen LogP contribution >= 0.6 is 15.9 Å². The van der Waals surface area contributed by atoms with E-state index in [0.717, 1.165) is 30.3 Å². The highest BCUT2D eigenvalue weighted by Crippen LogP contribution is 2.19. The Kier molecular flexibility index (Phi) is 5.37. The van der Waals surface area contributed by atoms with Crippen molar-refractivity contribution in [3.63, 3.8) is 0 Å². The summed E-state index contributed by atoms with van der Waals surface area (Å²) in [7, 11) is 0. The molecule has 0 radical (unpaired) electrons. The summed E-state index contributed by atoms with van der Waals surface area (Å²) >= 11 is 3.51. The molecular formula is C15H19BrFNO. The molecule has 1 heterocycles. The van der Waals surface area contributed by atoms with E-state index in [9.17, 15) is 9.18 Å². The third kappa shape index (κ3) is 4.03. The molecule has 104 valence electrons. The Balaban J connectivity index is 2.02. The van der Waals surface area contributed by atoms with Crippen molar-refractivity contribution in [3.8, 4) is 0 Å². The third-order valence-electron chi connectivity index (χ3n) is 3.64. The van der Waals surface area contributed by atoms with Crippen molar-refractivity contribution in [1.82, 2.24) is 4.90 Å². The van der Waals surface area contributed by atoms with Crippen molar-refractivity contribution >= 4 is 21.8 Å². The minimum absolute atomic E-state index is 0.151. The molecule has 1 amide bonds. The molecule has 1 aliphatic rings. The van der Waals surface area contributed by atoms with Gasteiger partial charge in [-0.05, 0) is 30.5 Å². The molecule has 1 aliphatic heterocycles. The molecule has 0 aliphatic carbocycles. The molecule has 1 atom stereocenters. The normalized spacial score (nSPS) is 20.1. The monoisotopic (exact) mass is 327 g/mol. The average Bonchev–Trinajstić information content (AvgIpc) is 2.66. The molecule has 0 spiro atoms. The molecule has 1 aromatic rings. The number of likely N-dealkylation sites (tertiary alicyclic amines) is 1. The topological polar surface area (TPSA) is 20.3 Å². The van der Waals surface area contributed by atoms with Gasteiger partial charge < -0.3 is 4.90 Å². The number of benzene rings is 1. The molecule has 1 unspecified atom stereocenters. The van der Waals surface area contributed by atoms with Crippen molar-refractivity contribution in [1.29, 1.82) is 0 Å². The van der Waals surface area contributed by atoms with Crippen LogP contribution in [0.1, 0.15) is 31.2 Å². The molecular weight excluding hydrogens is 309 g/mol. The third-order valence-corrected chi connectivity index (χ3v) is 4.39. The van der Waals surface area contributed by atoms with E-state index >= 15 is 0 Å². The SMILES string of the molecule is O=C(Cc1ccc(F)cc1)N1CCCCCC1CBr. The summed E-state index contributed by atoms with van der Waals surface area (Å²) in [5.74, 6) is -0.109. The molecule has 1 saturated heterocycles. The van der Waals surface area contributed by atoms with Crippen LogP contribution in [0.3, 0.4) is 0 Å². The molecule has 19 heavy (non-hydrogen) atoms. The predicted molar refractivity (Wildman–Crippen MR) is 77.9 cm³/mol. The minimum atomic E-state index is -0.260. The van der Waals surface area contributed by atoms with Crippen LogP contribution in [-0.2, 0) is 11.2 Å². The van der Waals surface area contributed by atoms with Gasteiger partial charge in [0.1, 0.15) is 5.82 Å². The van der Waals surface area contributed by atoms with Gasteiger partial charge in [-0.1, -0.05) is 40.9 Å². The van der Waals surface area contributed by atoms with Gasteiger partial charge in [0.05, 0.1) is 6.42 Å². The molecule has 1 aromatic carbocycles. The Morgan fingerprint density at radius 1 is 1.26 bits per heavy atom. The zero-order valence-corrected chi connectivity index (χ0v) is 12.5. The molecule has 0 N–H and O–H groups in total. The Hall–Kier alpha value is -0.900. The van der Waals surface area contributed by atoms with E-state index < -0.39 is 0 Å². The van der Waals surface area contributed by atoms with Gasteiger partial charge in [-0.3, -0.25) is 4.79 Å². The highest BCUT2D eigenvalue weighted by molar-refractivity contribution is 9.09. The van der Waals surface area contributed by atoms with Crippen molar-refractivity contribution in [2.45, 2.75) is 38.1 Å². The fourth-order valence-corrected chi connectivity index (χ4v) is 3.22. The summed E-state index contributed by atoms with van der Waals surface area (Å²) < 4.78 is 12.8. The van der Waals surface area contributed by atoms with Gasteiger partial charge in [-0.2, -0.15) is 0 Å². The fourth-order valence-electron chi connectivity index (χ4n) is 2.54. The molecule has 0 saturated carbocycles. The lowest BCUT2D eigenvalue weighted by Gasteiger charge is -2.28. The van der Waals surface area contributed by atoms with Crippen LogP contribution in [-0.4, -0.2) is 28.7 Å². The van der Waals surface area contributed by atoms with Gasteiger partial charge in [0, 0.05) is 17.9 Å². The summed E-state index contributed by atoms with van der Waals surface area (Å²) in [5, 5.41) is 0.835. The standard InChI is InChI=1S/C15H19BrFNO/c16-11-14-4-2-1-3-9-18(14)15(19)10-12-5-7-13(17)8-6-12/h5-8,14H,1-4,9-11H2. The first-order chi connectivity index (χ1) is 9.20. The van der Waals surface area contributed by atoms with E-state index in [1.165, 1.54) is 25.0 Å². The lowest BCUT2D eigenvalue weighted by atomic mass is 10.1. The zero-order valence-electron chi connectivity index (χ0n) is 10.9. The van der Waals surface area contributed by atoms with Crippen molar-refractivity contribution in [2.24, 2.45) is 0 Å². The van der Waals surface area contributed by atoms with Crippen LogP contribution in [0.25, 0.3) is 0 Å². The van der Waals surface area contributed by atoms with Crippen LogP contribution < -0.4 is 0 Å². The first kappa shape index (κ1) is 14.5. The van der Waals surface area contributed by atoms with Gasteiger partial charge in [-0.25, -0.2) is 4.39 Å². The van der Waals surface area contributed by atoms with Crippen LogP contribution in [0.2, 0.25) is 0 Å². The van der Waals surface area contributed by atoms with E-state index in [-0.39, 0.29) is 11.7 Å². The minimum Gasteiger partial charge on any atom is -0.339 e. The number of halogens is 2. The fraction of sp³-hybridized carbons (Fsp3) is 0.533. The second-order valence-electron chi connectivity index (χ2n) is 5.05. The van der Waals surface area contributed by atoms with E-state index in [2.05, 4.69) is 15.9 Å². The van der Waals surface area contributed by atoms with Crippen molar-refractivity contribution < 1.29 is 9.18 Å². The maximum absolute atomic E-state index is 12.8. The molecule has 0 aromatic heterocycles. The Morgan fingerprint density at radius 2 is 2.00 bits per heavy atom. The van der Waals surface area contributed by atoms with Crippen LogP contribution in [0.5, 0.6) is 0 Å². The first-order valence-corrected chi connectivity index (χ1v) is 7.92. The molecule has 1 fully saturated rings. The van der Waals surface area contributed by atoms with Crippen LogP contribution in [0.4, 0.5) is 4.39 Å². The van der Waals surface area contributed by atoms with Crippen molar-refractivity contribution in [2.75, 3.05) is 11.9 Å². The summed E-state index contributed by atoms with van der Waals surface area (Å²) in [6.45, 7) is 0.844. The van der Waals surface area contributed by atoms with Gasteiger partial charge in [0.2, 0.25) is 5.91 Å². The average molecular weight is 328 g/mol. The van der Waals surface area contributed by atoms with E-state index in [1.807, 2.05) is 4.90 Å². The lowest BCUT2D eigenvalue weighted by molar-refractivity contribution is -0.132. The Bertz CT molecular complexity index is 421. The Morgan fingerprint density at radius 3 is 2.68 bits per heavy atom. The largest absolute Gasteiger partial charge is 0.339 e.